The van der Waals surface area contributed by atoms with Crippen molar-refractivity contribution in [3.63, 3.8) is 0 Å². The molecule has 1 saturated heterocycles. The molecule has 196 valence electrons. The van der Waals surface area contributed by atoms with Crippen molar-refractivity contribution < 1.29 is 14.1 Å². The Bertz CT molecular complexity index is 1430. The summed E-state index contributed by atoms with van der Waals surface area (Å²) < 4.78 is 15.6. The van der Waals surface area contributed by atoms with Crippen molar-refractivity contribution in [2.75, 3.05) is 25.5 Å². The molecule has 5 rings (SSSR count). The zero-order chi connectivity index (χ0) is 26.6. The SMILES string of the molecule is C=CC(=O)N1CCC[C@@H](n2nc(-c3ccc(CNC(=O)CC4=CC=NCN4F)cc3)c3c(N)ncnc32)C1. The first-order chi connectivity index (χ1) is 18.4. The zero-order valence-electron chi connectivity index (χ0n) is 20.8. The average molecular weight is 518 g/mol. The van der Waals surface area contributed by atoms with Gasteiger partial charge in [-0.15, -0.1) is 0 Å². The first-order valence-corrected chi connectivity index (χ1v) is 12.3. The number of anilines is 1. The Kier molecular flexibility index (Phi) is 7.11. The highest BCUT2D eigenvalue weighted by Gasteiger charge is 2.28. The summed E-state index contributed by atoms with van der Waals surface area (Å²) in [7, 11) is 0. The predicted octanol–water partition coefficient (Wildman–Crippen LogP) is 2.54. The number of fused-ring (bicyclic) bond motifs is 1. The van der Waals surface area contributed by atoms with Crippen LogP contribution in [0.4, 0.5) is 10.3 Å². The van der Waals surface area contributed by atoms with Crippen LogP contribution in [0.3, 0.4) is 0 Å². The Morgan fingerprint density at radius 2 is 2.05 bits per heavy atom. The molecule has 3 N–H and O–H groups in total. The lowest BCUT2D eigenvalue weighted by Gasteiger charge is -2.32. The van der Waals surface area contributed by atoms with E-state index in [1.807, 2.05) is 28.9 Å². The summed E-state index contributed by atoms with van der Waals surface area (Å²) in [4.78, 5) is 38.7. The minimum absolute atomic E-state index is 0.0570. The van der Waals surface area contributed by atoms with Gasteiger partial charge in [0.2, 0.25) is 11.8 Å². The minimum Gasteiger partial charge on any atom is -0.383 e. The third kappa shape index (κ3) is 5.10. The molecule has 0 spiro atoms. The number of likely N-dealkylation sites (tertiary alicyclic amines) is 1. The normalized spacial score (nSPS) is 17.4. The average Bonchev–Trinajstić information content (AvgIpc) is 3.34. The molecule has 0 radical (unpaired) electrons. The molecule has 1 fully saturated rings. The van der Waals surface area contributed by atoms with Crippen LogP contribution < -0.4 is 11.1 Å². The molecule has 0 bridgehead atoms. The number of hydrogen-bond acceptors (Lipinski definition) is 8. The van der Waals surface area contributed by atoms with Crippen LogP contribution in [-0.4, -0.2) is 67.6 Å². The standard InChI is InChI=1S/C26H28FN9O2/c1-2-22(38)34-11-3-4-20(14-34)36-26-23(25(28)31-15-32-26)24(33-36)18-7-5-17(6-8-18)13-30-21(37)12-19-9-10-29-16-35(19)27/h2,5-10,15,20H,1,3-4,11-14,16H2,(H,30,37)(H2,28,31,32)/t20-/m1/s1. The number of nitrogen functional groups attached to an aromatic ring is 1. The van der Waals surface area contributed by atoms with Gasteiger partial charge in [-0.25, -0.2) is 14.6 Å². The second-order valence-corrected chi connectivity index (χ2v) is 9.18. The number of nitrogens with zero attached hydrogens (tertiary/aromatic N) is 7. The van der Waals surface area contributed by atoms with Crippen LogP contribution in [0, 0.1) is 0 Å². The monoisotopic (exact) mass is 517 g/mol. The lowest BCUT2D eigenvalue weighted by Crippen LogP contribution is -2.40. The number of aliphatic imine (C=N–C) groups is 1. The van der Waals surface area contributed by atoms with Crippen LogP contribution in [0.25, 0.3) is 22.3 Å². The molecule has 2 aromatic heterocycles. The van der Waals surface area contributed by atoms with Crippen molar-refractivity contribution in [2.45, 2.75) is 31.8 Å². The maximum atomic E-state index is 13.7. The number of amides is 2. The van der Waals surface area contributed by atoms with E-state index in [-0.39, 0.29) is 36.6 Å². The van der Waals surface area contributed by atoms with E-state index >= 15 is 0 Å². The quantitative estimate of drug-likeness (QED) is 0.363. The van der Waals surface area contributed by atoms with Crippen molar-refractivity contribution in [2.24, 2.45) is 4.99 Å². The van der Waals surface area contributed by atoms with Gasteiger partial charge in [0, 0.05) is 31.4 Å². The molecule has 0 aliphatic carbocycles. The third-order valence-electron chi connectivity index (χ3n) is 6.70. The van der Waals surface area contributed by atoms with Crippen LogP contribution in [0.5, 0.6) is 0 Å². The highest BCUT2D eigenvalue weighted by Crippen LogP contribution is 2.33. The number of benzene rings is 1. The van der Waals surface area contributed by atoms with Gasteiger partial charge in [0.25, 0.3) is 0 Å². The van der Waals surface area contributed by atoms with E-state index in [2.05, 4.69) is 26.9 Å². The molecule has 0 saturated carbocycles. The summed E-state index contributed by atoms with van der Waals surface area (Å²) in [6.07, 6.45) is 7.35. The molecule has 2 aliphatic rings. The number of hydrogen-bond donors (Lipinski definition) is 2. The Hall–Kier alpha value is -4.61. The summed E-state index contributed by atoms with van der Waals surface area (Å²) in [5.41, 5.74) is 9.48. The number of allylic oxidation sites excluding steroid dienone is 1. The second kappa shape index (κ2) is 10.8. The smallest absolute Gasteiger partial charge is 0.246 e. The Morgan fingerprint density at radius 1 is 1.24 bits per heavy atom. The van der Waals surface area contributed by atoms with Crippen LogP contribution in [-0.2, 0) is 16.1 Å². The number of aromatic nitrogens is 4. The van der Waals surface area contributed by atoms with Gasteiger partial charge >= 0.3 is 0 Å². The van der Waals surface area contributed by atoms with Crippen molar-refractivity contribution in [3.05, 3.63) is 60.6 Å². The van der Waals surface area contributed by atoms with E-state index in [4.69, 9.17) is 10.8 Å². The van der Waals surface area contributed by atoms with E-state index in [1.54, 1.807) is 4.90 Å². The lowest BCUT2D eigenvalue weighted by molar-refractivity contribution is -0.127. The predicted molar refractivity (Wildman–Crippen MR) is 141 cm³/mol. The van der Waals surface area contributed by atoms with Gasteiger partial charge in [-0.1, -0.05) is 35.3 Å². The van der Waals surface area contributed by atoms with Crippen molar-refractivity contribution >= 4 is 34.9 Å². The highest BCUT2D eigenvalue weighted by atomic mass is 19.2. The number of piperidine rings is 1. The van der Waals surface area contributed by atoms with E-state index < -0.39 is 0 Å². The molecule has 1 aromatic carbocycles. The number of carbonyl (C=O) groups excluding carboxylic acids is 2. The summed E-state index contributed by atoms with van der Waals surface area (Å²) >= 11 is 0. The maximum absolute atomic E-state index is 13.7. The van der Waals surface area contributed by atoms with E-state index in [1.165, 1.54) is 24.7 Å². The Balaban J connectivity index is 1.34. The molecule has 3 aromatic rings. The van der Waals surface area contributed by atoms with Gasteiger partial charge in [-0.3, -0.25) is 14.6 Å². The lowest BCUT2D eigenvalue weighted by atomic mass is 10.1. The van der Waals surface area contributed by atoms with Gasteiger partial charge in [0.05, 0.1) is 23.5 Å². The summed E-state index contributed by atoms with van der Waals surface area (Å²) in [5.74, 6) is -0.0645. The van der Waals surface area contributed by atoms with E-state index in [9.17, 15) is 14.1 Å². The molecule has 11 nitrogen and oxygen atoms in total. The van der Waals surface area contributed by atoms with Gasteiger partial charge in [0.1, 0.15) is 24.5 Å². The van der Waals surface area contributed by atoms with Crippen molar-refractivity contribution in [1.29, 1.82) is 0 Å². The maximum Gasteiger partial charge on any atom is 0.246 e. The van der Waals surface area contributed by atoms with E-state index in [0.717, 1.165) is 24.0 Å². The molecule has 1 atom stereocenters. The fraction of sp³-hybridized carbons (Fsp3) is 0.308. The molecule has 38 heavy (non-hydrogen) atoms. The van der Waals surface area contributed by atoms with E-state index in [0.29, 0.717) is 47.3 Å². The molecular formula is C26H28FN9O2. The summed E-state index contributed by atoms with van der Waals surface area (Å²) in [6, 6.07) is 7.52. The fourth-order valence-electron chi connectivity index (χ4n) is 4.72. The van der Waals surface area contributed by atoms with Gasteiger partial charge in [-0.05, 0) is 30.6 Å². The van der Waals surface area contributed by atoms with Crippen molar-refractivity contribution in [3.8, 4) is 11.3 Å². The Labute approximate surface area is 218 Å². The molecule has 0 unspecified atom stereocenters. The Morgan fingerprint density at radius 3 is 2.82 bits per heavy atom. The zero-order valence-corrected chi connectivity index (χ0v) is 20.8. The minimum atomic E-state index is -0.288. The fourth-order valence-corrected chi connectivity index (χ4v) is 4.72. The first kappa shape index (κ1) is 25.1. The van der Waals surface area contributed by atoms with Crippen LogP contribution in [0.2, 0.25) is 0 Å². The molecule has 4 heterocycles. The number of nitrogens with one attached hydrogen (secondary N) is 1. The van der Waals surface area contributed by atoms with Crippen LogP contribution in [0.1, 0.15) is 30.9 Å². The van der Waals surface area contributed by atoms with Crippen molar-refractivity contribution in [1.82, 2.24) is 35.1 Å². The molecular weight excluding hydrogens is 489 g/mol. The first-order valence-electron chi connectivity index (χ1n) is 12.3. The number of nitrogens with two attached hydrogens (primary N) is 1. The number of rotatable bonds is 7. The highest BCUT2D eigenvalue weighted by molar-refractivity contribution is 5.98. The largest absolute Gasteiger partial charge is 0.383 e. The summed E-state index contributed by atoms with van der Waals surface area (Å²) in [6.45, 7) is 4.98. The topological polar surface area (TPSA) is 135 Å². The molecule has 2 amide bonds. The summed E-state index contributed by atoms with van der Waals surface area (Å²) in [5, 5.41) is 8.80. The second-order valence-electron chi connectivity index (χ2n) is 9.18. The molecule has 2 aliphatic heterocycles. The van der Waals surface area contributed by atoms with Crippen LogP contribution in [0.15, 0.2) is 60.0 Å². The molecule has 12 heteroatoms. The van der Waals surface area contributed by atoms with Gasteiger partial charge in [0.15, 0.2) is 5.65 Å². The number of carbonyl (C=O) groups is 2. The van der Waals surface area contributed by atoms with Gasteiger partial charge in [-0.2, -0.15) is 10.2 Å². The van der Waals surface area contributed by atoms with Gasteiger partial charge < -0.3 is 16.0 Å². The number of halogens is 1. The van der Waals surface area contributed by atoms with Crippen LogP contribution >= 0.6 is 0 Å². The third-order valence-corrected chi connectivity index (χ3v) is 6.70.